The number of methoxy groups -OCH3 is 1. The first-order valence-corrected chi connectivity index (χ1v) is 8.22. The second-order valence-electron chi connectivity index (χ2n) is 4.61. The van der Waals surface area contributed by atoms with Crippen molar-refractivity contribution < 1.29 is 9.53 Å². The Morgan fingerprint density at radius 1 is 1.29 bits per heavy atom. The summed E-state index contributed by atoms with van der Waals surface area (Å²) in [5, 5.41) is 12.7. The van der Waals surface area contributed by atoms with Crippen LogP contribution < -0.4 is 10.1 Å². The molecule has 4 nitrogen and oxygen atoms in total. The van der Waals surface area contributed by atoms with Crippen molar-refractivity contribution in [3.63, 3.8) is 0 Å². The molecule has 0 aliphatic heterocycles. The minimum Gasteiger partial charge on any atom is -0.495 e. The van der Waals surface area contributed by atoms with Gasteiger partial charge in [-0.2, -0.15) is 5.26 Å². The molecule has 0 radical (unpaired) electrons. The van der Waals surface area contributed by atoms with E-state index < -0.39 is 5.91 Å². The van der Waals surface area contributed by atoms with E-state index >= 15 is 0 Å². The minimum atomic E-state index is -0.580. The Bertz CT molecular complexity index is 860. The largest absolute Gasteiger partial charge is 0.495 e. The summed E-state index contributed by atoms with van der Waals surface area (Å²) in [6.45, 7) is 0. The van der Waals surface area contributed by atoms with Gasteiger partial charge in [0.25, 0.3) is 5.91 Å². The number of amides is 1. The highest BCUT2D eigenvalue weighted by Gasteiger charge is 2.14. The number of ether oxygens (including phenoxy) is 1. The molecule has 2 aromatic carbocycles. The molecule has 1 N–H and O–H groups in total. The molecule has 0 aliphatic rings. The summed E-state index contributed by atoms with van der Waals surface area (Å²) >= 11 is 15.4. The van der Waals surface area contributed by atoms with Crippen LogP contribution >= 0.6 is 39.1 Å². The van der Waals surface area contributed by atoms with Crippen LogP contribution in [0.15, 0.2) is 46.4 Å². The van der Waals surface area contributed by atoms with E-state index in [0.717, 1.165) is 0 Å². The van der Waals surface area contributed by atoms with Gasteiger partial charge in [-0.05, 0) is 30.3 Å². The first-order chi connectivity index (χ1) is 11.5. The zero-order chi connectivity index (χ0) is 17.7. The van der Waals surface area contributed by atoms with Crippen molar-refractivity contribution in [2.75, 3.05) is 12.4 Å². The molecule has 122 valence electrons. The van der Waals surface area contributed by atoms with Crippen LogP contribution in [0.4, 0.5) is 5.69 Å². The van der Waals surface area contributed by atoms with E-state index in [4.69, 9.17) is 27.9 Å². The molecule has 0 saturated carbocycles. The standard InChI is InChI=1S/C17H11BrCl2N2O2/c1-24-16-10(7-12(18)8-14(16)20)6-11(9-21)17(23)22-15-5-3-2-4-13(15)19/h2-8H,1H3,(H,22,23)/b11-6+. The van der Waals surface area contributed by atoms with Crippen molar-refractivity contribution in [2.24, 2.45) is 0 Å². The van der Waals surface area contributed by atoms with Crippen molar-refractivity contribution in [1.82, 2.24) is 0 Å². The average Bonchev–Trinajstić information content (AvgIpc) is 2.54. The van der Waals surface area contributed by atoms with E-state index in [9.17, 15) is 10.1 Å². The van der Waals surface area contributed by atoms with Crippen molar-refractivity contribution in [3.05, 3.63) is 62.1 Å². The number of anilines is 1. The first kappa shape index (κ1) is 18.3. The number of carbonyl (C=O) groups excluding carboxylic acids is 1. The molecule has 0 bridgehead atoms. The summed E-state index contributed by atoms with van der Waals surface area (Å²) < 4.78 is 5.93. The van der Waals surface area contributed by atoms with Gasteiger partial charge in [0.15, 0.2) is 0 Å². The highest BCUT2D eigenvalue weighted by atomic mass is 79.9. The number of para-hydroxylation sites is 1. The third-order valence-corrected chi connectivity index (χ3v) is 4.10. The summed E-state index contributed by atoms with van der Waals surface area (Å²) in [6.07, 6.45) is 1.40. The van der Waals surface area contributed by atoms with Gasteiger partial charge in [-0.1, -0.05) is 51.3 Å². The van der Waals surface area contributed by atoms with Crippen LogP contribution in [-0.4, -0.2) is 13.0 Å². The molecular weight excluding hydrogens is 415 g/mol. The quantitative estimate of drug-likeness (QED) is 0.533. The molecule has 0 fully saturated rings. The van der Waals surface area contributed by atoms with Crippen LogP contribution in [0.5, 0.6) is 5.75 Å². The van der Waals surface area contributed by atoms with Crippen LogP contribution in [0.25, 0.3) is 6.08 Å². The normalized spacial score (nSPS) is 10.9. The topological polar surface area (TPSA) is 62.1 Å². The molecule has 0 spiro atoms. The van der Waals surface area contributed by atoms with E-state index in [1.54, 1.807) is 36.4 Å². The summed E-state index contributed by atoms with van der Waals surface area (Å²) in [5.41, 5.74) is 0.815. The predicted molar refractivity (Wildman–Crippen MR) is 99.4 cm³/mol. The molecule has 7 heteroatoms. The van der Waals surface area contributed by atoms with Crippen LogP contribution in [0.2, 0.25) is 10.0 Å². The molecule has 0 heterocycles. The lowest BCUT2D eigenvalue weighted by Crippen LogP contribution is -2.13. The Balaban J connectivity index is 2.38. The van der Waals surface area contributed by atoms with Gasteiger partial charge in [-0.3, -0.25) is 4.79 Å². The fourth-order valence-corrected chi connectivity index (χ4v) is 3.05. The number of hydrogen-bond acceptors (Lipinski definition) is 3. The van der Waals surface area contributed by atoms with Crippen molar-refractivity contribution in [2.45, 2.75) is 0 Å². The summed E-state index contributed by atoms with van der Waals surface area (Å²) in [5.74, 6) is -0.207. The lowest BCUT2D eigenvalue weighted by Gasteiger charge is -2.09. The number of nitrogens with zero attached hydrogens (tertiary/aromatic N) is 1. The second-order valence-corrected chi connectivity index (χ2v) is 6.34. The third-order valence-electron chi connectivity index (χ3n) is 3.03. The fraction of sp³-hybridized carbons (Fsp3) is 0.0588. The maximum atomic E-state index is 12.3. The Morgan fingerprint density at radius 2 is 2.00 bits per heavy atom. The van der Waals surface area contributed by atoms with E-state index in [1.165, 1.54) is 13.2 Å². The van der Waals surface area contributed by atoms with Gasteiger partial charge in [-0.15, -0.1) is 0 Å². The lowest BCUT2D eigenvalue weighted by molar-refractivity contribution is -0.112. The summed E-state index contributed by atoms with van der Waals surface area (Å²) in [4.78, 5) is 12.3. The number of rotatable bonds is 4. The van der Waals surface area contributed by atoms with E-state index in [-0.39, 0.29) is 5.57 Å². The molecule has 0 saturated heterocycles. The van der Waals surface area contributed by atoms with E-state index in [2.05, 4.69) is 21.2 Å². The molecule has 0 atom stereocenters. The fourth-order valence-electron chi connectivity index (χ4n) is 1.96. The first-order valence-electron chi connectivity index (χ1n) is 6.67. The molecule has 24 heavy (non-hydrogen) atoms. The SMILES string of the molecule is COc1c(Cl)cc(Br)cc1/C=C(\C#N)C(=O)Nc1ccccc1Cl. The van der Waals surface area contributed by atoms with Crippen molar-refractivity contribution in [1.29, 1.82) is 5.26 Å². The van der Waals surface area contributed by atoms with Gasteiger partial charge in [0.2, 0.25) is 0 Å². The van der Waals surface area contributed by atoms with Gasteiger partial charge in [0, 0.05) is 10.0 Å². The third kappa shape index (κ3) is 4.30. The number of nitriles is 1. The summed E-state index contributed by atoms with van der Waals surface area (Å²) in [7, 11) is 1.46. The summed E-state index contributed by atoms with van der Waals surface area (Å²) in [6, 6.07) is 12.0. The predicted octanol–water partition coefficient (Wildman–Crippen LogP) is 5.31. The molecule has 2 aromatic rings. The van der Waals surface area contributed by atoms with Crippen LogP contribution in [-0.2, 0) is 4.79 Å². The second kappa shape index (κ2) is 8.20. The lowest BCUT2D eigenvalue weighted by atomic mass is 10.1. The molecule has 2 rings (SSSR count). The van der Waals surface area contributed by atoms with Crippen molar-refractivity contribution >= 4 is 56.8 Å². The zero-order valence-electron chi connectivity index (χ0n) is 12.4. The average molecular weight is 426 g/mol. The van der Waals surface area contributed by atoms with Gasteiger partial charge in [0.1, 0.15) is 17.4 Å². The maximum absolute atomic E-state index is 12.3. The molecule has 0 unspecified atom stereocenters. The van der Waals surface area contributed by atoms with E-state index in [1.807, 2.05) is 6.07 Å². The Kier molecular flexibility index (Phi) is 6.27. The highest BCUT2D eigenvalue weighted by molar-refractivity contribution is 9.10. The smallest absolute Gasteiger partial charge is 0.266 e. The number of halogens is 3. The Morgan fingerprint density at radius 3 is 2.62 bits per heavy atom. The van der Waals surface area contributed by atoms with Gasteiger partial charge in [0.05, 0.1) is 22.8 Å². The van der Waals surface area contributed by atoms with Crippen LogP contribution in [0.1, 0.15) is 5.56 Å². The molecule has 1 amide bonds. The maximum Gasteiger partial charge on any atom is 0.266 e. The van der Waals surface area contributed by atoms with E-state index in [0.29, 0.717) is 31.5 Å². The Labute approximate surface area is 157 Å². The van der Waals surface area contributed by atoms with Crippen LogP contribution in [0, 0.1) is 11.3 Å². The number of nitrogens with one attached hydrogen (secondary N) is 1. The minimum absolute atomic E-state index is 0.109. The number of benzene rings is 2. The number of hydrogen-bond donors (Lipinski definition) is 1. The highest BCUT2D eigenvalue weighted by Crippen LogP contribution is 2.33. The molecule has 0 aromatic heterocycles. The van der Waals surface area contributed by atoms with Crippen molar-refractivity contribution in [3.8, 4) is 11.8 Å². The zero-order valence-corrected chi connectivity index (χ0v) is 15.5. The molecular formula is C17H11BrCl2N2O2. The van der Waals surface area contributed by atoms with Gasteiger partial charge < -0.3 is 10.1 Å². The van der Waals surface area contributed by atoms with Gasteiger partial charge in [-0.25, -0.2) is 0 Å². The number of carbonyl (C=O) groups is 1. The van der Waals surface area contributed by atoms with Crippen LogP contribution in [0.3, 0.4) is 0 Å². The van der Waals surface area contributed by atoms with Gasteiger partial charge >= 0.3 is 0 Å². The monoisotopic (exact) mass is 424 g/mol. The Hall–Kier alpha value is -2.00. The molecule has 0 aliphatic carbocycles.